The van der Waals surface area contributed by atoms with Crippen molar-refractivity contribution in [3.05, 3.63) is 82.7 Å². The lowest BCUT2D eigenvalue weighted by Gasteiger charge is -2.26. The normalized spacial score (nSPS) is 14.2. The minimum absolute atomic E-state index is 0.0112. The quantitative estimate of drug-likeness (QED) is 0.273. The van der Waals surface area contributed by atoms with E-state index in [9.17, 15) is 10.1 Å². The van der Waals surface area contributed by atoms with Gasteiger partial charge in [0.15, 0.2) is 11.5 Å². The summed E-state index contributed by atoms with van der Waals surface area (Å²) < 4.78 is 27.3. The predicted molar refractivity (Wildman–Crippen MR) is 135 cm³/mol. The first kappa shape index (κ1) is 24.8. The van der Waals surface area contributed by atoms with Crippen molar-refractivity contribution in [1.82, 2.24) is 0 Å². The first-order chi connectivity index (χ1) is 17.4. The topological polar surface area (TPSA) is 113 Å². The summed E-state index contributed by atoms with van der Waals surface area (Å²) in [5.74, 6) is 0.649. The zero-order valence-electron chi connectivity index (χ0n) is 20.2. The Morgan fingerprint density at radius 3 is 2.22 bits per heavy atom. The van der Waals surface area contributed by atoms with Gasteiger partial charge in [-0.05, 0) is 42.2 Å². The highest BCUT2D eigenvalue weighted by atomic mass is 32.2. The average Bonchev–Trinajstić information content (AvgIpc) is 2.91. The van der Waals surface area contributed by atoms with Crippen LogP contribution in [0.3, 0.4) is 0 Å². The van der Waals surface area contributed by atoms with Gasteiger partial charge in [-0.3, -0.25) is 0 Å². The predicted octanol–water partition coefficient (Wildman–Crippen LogP) is 4.87. The van der Waals surface area contributed by atoms with Gasteiger partial charge in [0.1, 0.15) is 23.1 Å². The molecule has 0 fully saturated rings. The van der Waals surface area contributed by atoms with Gasteiger partial charge in [-0.1, -0.05) is 18.2 Å². The van der Waals surface area contributed by atoms with Gasteiger partial charge in [0, 0.05) is 16.5 Å². The van der Waals surface area contributed by atoms with Gasteiger partial charge in [-0.2, -0.15) is 5.26 Å². The molecule has 3 aromatic carbocycles. The second kappa shape index (κ2) is 10.5. The van der Waals surface area contributed by atoms with Crippen molar-refractivity contribution in [3.8, 4) is 34.8 Å². The smallest absolute Gasteiger partial charge is 0.343 e. The Bertz CT molecular complexity index is 1350. The number of esters is 1. The Morgan fingerprint density at radius 1 is 1.00 bits per heavy atom. The highest BCUT2D eigenvalue weighted by Crippen LogP contribution is 2.44. The molecule has 0 saturated heterocycles. The molecule has 3 aromatic rings. The van der Waals surface area contributed by atoms with E-state index in [1.54, 1.807) is 30.0 Å². The van der Waals surface area contributed by atoms with Crippen molar-refractivity contribution in [2.24, 2.45) is 5.73 Å². The minimum Gasteiger partial charge on any atom is -0.493 e. The third kappa shape index (κ3) is 4.63. The molecule has 4 rings (SSSR count). The molecule has 0 amide bonds. The van der Waals surface area contributed by atoms with E-state index in [0.29, 0.717) is 28.6 Å². The van der Waals surface area contributed by atoms with Crippen molar-refractivity contribution < 1.29 is 28.5 Å². The number of fused-ring (bicyclic) bond motifs is 1. The summed E-state index contributed by atoms with van der Waals surface area (Å²) in [5.41, 5.74) is 8.28. The summed E-state index contributed by atoms with van der Waals surface area (Å²) in [6.45, 7) is 0. The summed E-state index contributed by atoms with van der Waals surface area (Å²) in [6, 6.07) is 18.1. The number of nitrogens with zero attached hydrogens (tertiary/aromatic N) is 1. The van der Waals surface area contributed by atoms with Gasteiger partial charge in [-0.25, -0.2) is 4.79 Å². The van der Waals surface area contributed by atoms with Gasteiger partial charge in [0.2, 0.25) is 11.6 Å². The number of carbonyl (C=O) groups excluding carboxylic acids is 1. The molecule has 8 nitrogen and oxygen atoms in total. The summed E-state index contributed by atoms with van der Waals surface area (Å²) in [5, 5.41) is 9.77. The zero-order valence-corrected chi connectivity index (χ0v) is 21.0. The molecule has 36 heavy (non-hydrogen) atoms. The molecule has 0 aromatic heterocycles. The average molecular weight is 505 g/mol. The van der Waals surface area contributed by atoms with Crippen LogP contribution in [0, 0.1) is 11.3 Å². The number of rotatable bonds is 7. The molecular formula is C27H24N2O6S. The number of benzene rings is 3. The lowest BCUT2D eigenvalue weighted by atomic mass is 9.83. The van der Waals surface area contributed by atoms with E-state index in [4.69, 9.17) is 29.4 Å². The molecule has 184 valence electrons. The molecule has 0 bridgehead atoms. The molecule has 1 aliphatic rings. The van der Waals surface area contributed by atoms with Gasteiger partial charge in [0.25, 0.3) is 0 Å². The number of hydrogen-bond acceptors (Lipinski definition) is 9. The van der Waals surface area contributed by atoms with Gasteiger partial charge in [0.05, 0.1) is 32.8 Å². The molecule has 1 heterocycles. The van der Waals surface area contributed by atoms with Crippen LogP contribution in [0.5, 0.6) is 28.7 Å². The maximum Gasteiger partial charge on any atom is 0.343 e. The molecule has 0 radical (unpaired) electrons. The Kier molecular flexibility index (Phi) is 7.27. The van der Waals surface area contributed by atoms with Crippen LogP contribution in [-0.2, 0) is 0 Å². The van der Waals surface area contributed by atoms with Crippen molar-refractivity contribution >= 4 is 17.7 Å². The highest BCUT2D eigenvalue weighted by Gasteiger charge is 2.31. The van der Waals surface area contributed by atoms with E-state index in [-0.39, 0.29) is 17.2 Å². The Morgan fingerprint density at radius 2 is 1.67 bits per heavy atom. The Labute approximate surface area is 213 Å². The van der Waals surface area contributed by atoms with E-state index in [1.807, 2.05) is 30.5 Å². The lowest BCUT2D eigenvalue weighted by molar-refractivity contribution is 0.0733. The van der Waals surface area contributed by atoms with Gasteiger partial charge >= 0.3 is 5.97 Å². The van der Waals surface area contributed by atoms with Crippen LogP contribution >= 0.6 is 11.8 Å². The number of hydrogen-bond donors (Lipinski definition) is 1. The first-order valence-electron chi connectivity index (χ1n) is 10.8. The summed E-state index contributed by atoms with van der Waals surface area (Å²) in [6.07, 6.45) is 2.00. The number of carbonyl (C=O) groups is 1. The monoisotopic (exact) mass is 504 g/mol. The van der Waals surface area contributed by atoms with Crippen molar-refractivity contribution in [3.63, 3.8) is 0 Å². The van der Waals surface area contributed by atoms with Crippen LogP contribution in [0.4, 0.5) is 0 Å². The maximum absolute atomic E-state index is 12.9. The fourth-order valence-corrected chi connectivity index (χ4v) is 4.41. The van der Waals surface area contributed by atoms with Crippen LogP contribution < -0.4 is 29.4 Å². The number of allylic oxidation sites excluding steroid dienone is 1. The standard InChI is InChI=1S/C27H24N2O6S/c1-31-22-11-16(12-23(32-2)25(22)33-3)27(30)34-17-7-10-19-21(13-17)35-26(29)20(14-28)24(19)15-5-8-18(36-4)9-6-15/h5-13,24H,29H2,1-4H3. The first-order valence-corrected chi connectivity index (χ1v) is 12.0. The van der Waals surface area contributed by atoms with Crippen LogP contribution in [0.25, 0.3) is 0 Å². The minimum atomic E-state index is -0.629. The SMILES string of the molecule is COc1cc(C(=O)Oc2ccc3c(c2)OC(N)=C(C#N)C3c2ccc(SC)cc2)cc(OC)c1OC. The van der Waals surface area contributed by atoms with Gasteiger partial charge in [-0.15, -0.1) is 11.8 Å². The number of methoxy groups -OCH3 is 3. The molecule has 1 unspecified atom stereocenters. The van der Waals surface area contributed by atoms with Crippen LogP contribution in [-0.4, -0.2) is 33.6 Å². The van der Waals surface area contributed by atoms with Crippen molar-refractivity contribution in [2.75, 3.05) is 27.6 Å². The largest absolute Gasteiger partial charge is 0.493 e. The van der Waals surface area contributed by atoms with E-state index in [1.165, 1.54) is 33.5 Å². The molecule has 2 N–H and O–H groups in total. The zero-order chi connectivity index (χ0) is 25.8. The Balaban J connectivity index is 1.67. The fourth-order valence-electron chi connectivity index (χ4n) is 4.00. The van der Waals surface area contributed by atoms with Crippen LogP contribution in [0.2, 0.25) is 0 Å². The summed E-state index contributed by atoms with van der Waals surface area (Å²) >= 11 is 1.63. The fraction of sp³-hybridized carbons (Fsp3) is 0.185. The van der Waals surface area contributed by atoms with Crippen molar-refractivity contribution in [2.45, 2.75) is 10.8 Å². The van der Waals surface area contributed by atoms with Crippen molar-refractivity contribution in [1.29, 1.82) is 5.26 Å². The maximum atomic E-state index is 12.9. The number of nitrogens with two attached hydrogens (primary N) is 1. The number of nitriles is 1. The molecular weight excluding hydrogens is 480 g/mol. The molecule has 1 atom stereocenters. The third-order valence-electron chi connectivity index (χ3n) is 5.75. The molecule has 9 heteroatoms. The number of thioether (sulfide) groups is 1. The highest BCUT2D eigenvalue weighted by molar-refractivity contribution is 7.98. The van der Waals surface area contributed by atoms with Gasteiger partial charge < -0.3 is 29.4 Å². The molecule has 0 saturated carbocycles. The van der Waals surface area contributed by atoms with Crippen LogP contribution in [0.1, 0.15) is 27.4 Å². The summed E-state index contributed by atoms with van der Waals surface area (Å²) in [7, 11) is 4.41. The van der Waals surface area contributed by atoms with E-state index in [2.05, 4.69) is 6.07 Å². The third-order valence-corrected chi connectivity index (χ3v) is 6.49. The van der Waals surface area contributed by atoms with E-state index in [0.717, 1.165) is 16.0 Å². The van der Waals surface area contributed by atoms with E-state index >= 15 is 0 Å². The second-order valence-corrected chi connectivity index (χ2v) is 8.58. The van der Waals surface area contributed by atoms with Crippen LogP contribution in [0.15, 0.2) is 70.9 Å². The summed E-state index contributed by atoms with van der Waals surface area (Å²) in [4.78, 5) is 14.0. The second-order valence-electron chi connectivity index (χ2n) is 7.70. The lowest BCUT2D eigenvalue weighted by Crippen LogP contribution is -2.21. The molecule has 0 aliphatic carbocycles. The molecule has 1 aliphatic heterocycles. The number of ether oxygens (including phenoxy) is 5. The molecule has 0 spiro atoms. The van der Waals surface area contributed by atoms with E-state index < -0.39 is 11.9 Å². The Hall–Kier alpha value is -4.29.